The lowest BCUT2D eigenvalue weighted by Crippen LogP contribution is -2.27. The number of ether oxygens (including phenoxy) is 1. The quantitative estimate of drug-likeness (QED) is 0.895. The Hall–Kier alpha value is -0.770. The van der Waals surface area contributed by atoms with Crippen molar-refractivity contribution in [2.45, 2.75) is 13.0 Å². The summed E-state index contributed by atoms with van der Waals surface area (Å²) in [6, 6.07) is 5.91. The first-order valence-corrected chi connectivity index (χ1v) is 6.43. The van der Waals surface area contributed by atoms with Crippen LogP contribution in [-0.4, -0.2) is 38.2 Å². The Bertz CT molecular complexity index is 362. The van der Waals surface area contributed by atoms with Gasteiger partial charge in [0.1, 0.15) is 5.75 Å². The second-order valence-electron chi connectivity index (χ2n) is 4.34. The number of halogens is 1. The lowest BCUT2D eigenvalue weighted by Gasteiger charge is -2.20. The normalized spacial score (nSPS) is 17.8. The Labute approximate surface area is 108 Å². The van der Waals surface area contributed by atoms with Gasteiger partial charge in [0.25, 0.3) is 0 Å². The Kier molecular flexibility index (Phi) is 4.66. The molecule has 2 rings (SSSR count). The van der Waals surface area contributed by atoms with Gasteiger partial charge in [-0.3, -0.25) is 4.90 Å². The van der Waals surface area contributed by atoms with Crippen molar-refractivity contribution in [1.82, 2.24) is 10.2 Å². The summed E-state index contributed by atoms with van der Waals surface area (Å²) in [5.41, 5.74) is 1.18. The third-order valence-electron chi connectivity index (χ3n) is 3.09. The lowest BCUT2D eigenvalue weighted by molar-refractivity contribution is 0.284. The van der Waals surface area contributed by atoms with Gasteiger partial charge >= 0.3 is 0 Å². The summed E-state index contributed by atoms with van der Waals surface area (Å²) in [7, 11) is 1.66. The zero-order valence-electron chi connectivity index (χ0n) is 10.2. The highest BCUT2D eigenvalue weighted by Gasteiger charge is 2.11. The number of hydrogen-bond donors (Lipinski definition) is 1. The molecule has 1 N–H and O–H groups in total. The zero-order valence-corrected chi connectivity index (χ0v) is 11.0. The molecular weight excluding hydrogens is 236 g/mol. The topological polar surface area (TPSA) is 24.5 Å². The smallest absolute Gasteiger partial charge is 0.120 e. The highest BCUT2D eigenvalue weighted by atomic mass is 35.5. The van der Waals surface area contributed by atoms with E-state index in [0.717, 1.165) is 43.5 Å². The summed E-state index contributed by atoms with van der Waals surface area (Å²) >= 11 is 6.25. The van der Waals surface area contributed by atoms with Crippen molar-refractivity contribution in [1.29, 1.82) is 0 Å². The Balaban J connectivity index is 2.01. The zero-order chi connectivity index (χ0) is 12.1. The van der Waals surface area contributed by atoms with Crippen molar-refractivity contribution in [3.05, 3.63) is 28.8 Å². The second kappa shape index (κ2) is 6.24. The van der Waals surface area contributed by atoms with Gasteiger partial charge in [0.2, 0.25) is 0 Å². The molecule has 0 atom stereocenters. The van der Waals surface area contributed by atoms with Crippen LogP contribution in [0.15, 0.2) is 18.2 Å². The largest absolute Gasteiger partial charge is 0.497 e. The third kappa shape index (κ3) is 3.60. The summed E-state index contributed by atoms with van der Waals surface area (Å²) in [5.74, 6) is 0.816. The predicted octanol–water partition coefficient (Wildman–Crippen LogP) is 2.14. The maximum absolute atomic E-state index is 6.25. The van der Waals surface area contributed by atoms with E-state index in [2.05, 4.69) is 16.3 Å². The second-order valence-corrected chi connectivity index (χ2v) is 4.74. The van der Waals surface area contributed by atoms with Crippen LogP contribution in [0.5, 0.6) is 5.75 Å². The Morgan fingerprint density at radius 2 is 2.24 bits per heavy atom. The van der Waals surface area contributed by atoms with Crippen molar-refractivity contribution in [2.24, 2.45) is 0 Å². The van der Waals surface area contributed by atoms with Crippen LogP contribution in [0.3, 0.4) is 0 Å². The molecule has 3 nitrogen and oxygen atoms in total. The molecular formula is C13H19ClN2O. The molecule has 0 aliphatic carbocycles. The first-order chi connectivity index (χ1) is 8.29. The maximum Gasteiger partial charge on any atom is 0.120 e. The maximum atomic E-state index is 6.25. The van der Waals surface area contributed by atoms with Gasteiger partial charge in [0, 0.05) is 24.7 Å². The molecule has 4 heteroatoms. The molecule has 17 heavy (non-hydrogen) atoms. The first-order valence-electron chi connectivity index (χ1n) is 6.05. The number of rotatable bonds is 3. The molecule has 1 saturated heterocycles. The fourth-order valence-electron chi connectivity index (χ4n) is 2.08. The molecule has 0 saturated carbocycles. The molecule has 1 heterocycles. The molecule has 1 aliphatic rings. The van der Waals surface area contributed by atoms with Crippen LogP contribution in [0.2, 0.25) is 5.02 Å². The molecule has 0 spiro atoms. The van der Waals surface area contributed by atoms with Gasteiger partial charge in [-0.05, 0) is 37.2 Å². The molecule has 0 aromatic heterocycles. The van der Waals surface area contributed by atoms with Crippen molar-refractivity contribution in [2.75, 3.05) is 33.3 Å². The molecule has 94 valence electrons. The summed E-state index contributed by atoms with van der Waals surface area (Å²) in [4.78, 5) is 2.44. The molecule has 1 aromatic rings. The van der Waals surface area contributed by atoms with E-state index >= 15 is 0 Å². The summed E-state index contributed by atoms with van der Waals surface area (Å²) in [6.07, 6.45) is 1.20. The molecule has 1 aliphatic heterocycles. The Morgan fingerprint density at radius 1 is 1.35 bits per heavy atom. The van der Waals surface area contributed by atoms with Gasteiger partial charge in [0.15, 0.2) is 0 Å². The average Bonchev–Trinajstić information content (AvgIpc) is 2.60. The Morgan fingerprint density at radius 3 is 3.00 bits per heavy atom. The van der Waals surface area contributed by atoms with Crippen LogP contribution in [0.1, 0.15) is 12.0 Å². The number of methoxy groups -OCH3 is 1. The van der Waals surface area contributed by atoms with E-state index in [9.17, 15) is 0 Å². The minimum Gasteiger partial charge on any atom is -0.497 e. The van der Waals surface area contributed by atoms with Gasteiger partial charge in [-0.15, -0.1) is 0 Å². The van der Waals surface area contributed by atoms with Crippen LogP contribution in [-0.2, 0) is 6.54 Å². The van der Waals surface area contributed by atoms with Crippen LogP contribution < -0.4 is 10.1 Å². The van der Waals surface area contributed by atoms with Crippen molar-refractivity contribution in [3.63, 3.8) is 0 Å². The SMILES string of the molecule is COc1ccc(CN2CCCNCC2)c(Cl)c1. The van der Waals surface area contributed by atoms with Crippen molar-refractivity contribution < 1.29 is 4.74 Å². The minimum atomic E-state index is 0.793. The average molecular weight is 255 g/mol. The van der Waals surface area contributed by atoms with Crippen molar-refractivity contribution >= 4 is 11.6 Å². The van der Waals surface area contributed by atoms with E-state index in [1.54, 1.807) is 7.11 Å². The minimum absolute atomic E-state index is 0.793. The highest BCUT2D eigenvalue weighted by Crippen LogP contribution is 2.23. The van der Waals surface area contributed by atoms with E-state index < -0.39 is 0 Å². The number of hydrogen-bond acceptors (Lipinski definition) is 3. The van der Waals surface area contributed by atoms with Gasteiger partial charge in [0.05, 0.1) is 7.11 Å². The predicted molar refractivity (Wildman–Crippen MR) is 70.8 cm³/mol. The van der Waals surface area contributed by atoms with Gasteiger partial charge in [-0.1, -0.05) is 17.7 Å². The number of benzene rings is 1. The molecule has 0 bridgehead atoms. The monoisotopic (exact) mass is 254 g/mol. The van der Waals surface area contributed by atoms with E-state index in [1.807, 2.05) is 12.1 Å². The van der Waals surface area contributed by atoms with Crippen LogP contribution in [0.25, 0.3) is 0 Å². The summed E-state index contributed by atoms with van der Waals surface area (Å²) in [6.45, 7) is 5.32. The van der Waals surface area contributed by atoms with E-state index in [0.29, 0.717) is 0 Å². The van der Waals surface area contributed by atoms with Crippen LogP contribution in [0, 0.1) is 0 Å². The third-order valence-corrected chi connectivity index (χ3v) is 3.44. The van der Waals surface area contributed by atoms with Gasteiger partial charge in [-0.2, -0.15) is 0 Å². The fraction of sp³-hybridized carbons (Fsp3) is 0.538. The van der Waals surface area contributed by atoms with E-state index in [4.69, 9.17) is 16.3 Å². The van der Waals surface area contributed by atoms with Crippen LogP contribution >= 0.6 is 11.6 Å². The van der Waals surface area contributed by atoms with E-state index in [1.165, 1.54) is 12.0 Å². The van der Waals surface area contributed by atoms with Gasteiger partial charge < -0.3 is 10.1 Å². The molecule has 1 aromatic carbocycles. The molecule has 0 amide bonds. The number of nitrogens with zero attached hydrogens (tertiary/aromatic N) is 1. The summed E-state index contributed by atoms with van der Waals surface area (Å²) in [5, 5.41) is 4.19. The first kappa shape index (κ1) is 12.7. The van der Waals surface area contributed by atoms with Gasteiger partial charge in [-0.25, -0.2) is 0 Å². The van der Waals surface area contributed by atoms with Crippen molar-refractivity contribution in [3.8, 4) is 5.75 Å². The highest BCUT2D eigenvalue weighted by molar-refractivity contribution is 6.31. The standard InChI is InChI=1S/C13H19ClN2O/c1-17-12-4-3-11(13(14)9-12)10-16-7-2-5-15-6-8-16/h3-4,9,15H,2,5-8,10H2,1H3. The molecule has 0 radical (unpaired) electrons. The summed E-state index contributed by atoms with van der Waals surface area (Å²) < 4.78 is 5.15. The molecule has 1 fully saturated rings. The molecule has 0 unspecified atom stereocenters. The van der Waals surface area contributed by atoms with Crippen LogP contribution in [0.4, 0.5) is 0 Å². The number of nitrogens with one attached hydrogen (secondary N) is 1. The lowest BCUT2D eigenvalue weighted by atomic mass is 10.2. The fourth-order valence-corrected chi connectivity index (χ4v) is 2.31. The van der Waals surface area contributed by atoms with E-state index in [-0.39, 0.29) is 0 Å².